The molecule has 4 rings (SSSR count). The maximum atomic E-state index is 13.1. The molecule has 34 heavy (non-hydrogen) atoms. The summed E-state index contributed by atoms with van der Waals surface area (Å²) in [6, 6.07) is 4.64. The standard InChI is InChI=1S/C23H24F3N5O2S/c1-14-19(15(2)31(29-14)18-8-6-7-16(11-18)23(24,25)26)20(32)21(33)28-22-27-17(13-34-22)12-30-9-4-3-5-10-30/h6-8,11,13H,3-5,9-10,12H2,1-2H3,(H,27,28,33). The minimum atomic E-state index is -4.51. The molecule has 0 bridgehead atoms. The highest BCUT2D eigenvalue weighted by Crippen LogP contribution is 2.31. The molecule has 0 unspecified atom stereocenters. The fourth-order valence-electron chi connectivity index (χ4n) is 4.09. The van der Waals surface area contributed by atoms with Crippen molar-refractivity contribution in [3.63, 3.8) is 0 Å². The number of ketones is 1. The molecule has 3 heterocycles. The zero-order valence-corrected chi connectivity index (χ0v) is 19.6. The van der Waals surface area contributed by atoms with Gasteiger partial charge in [-0.15, -0.1) is 11.3 Å². The van der Waals surface area contributed by atoms with Gasteiger partial charge < -0.3 is 0 Å². The van der Waals surface area contributed by atoms with Crippen molar-refractivity contribution < 1.29 is 22.8 Å². The van der Waals surface area contributed by atoms with Crippen LogP contribution in [0.1, 0.15) is 52.3 Å². The number of nitrogens with zero attached hydrogens (tertiary/aromatic N) is 4. The molecule has 1 fully saturated rings. The number of thiazole rings is 1. The summed E-state index contributed by atoms with van der Waals surface area (Å²) in [7, 11) is 0. The van der Waals surface area contributed by atoms with E-state index in [0.29, 0.717) is 11.7 Å². The van der Waals surface area contributed by atoms with Crippen LogP contribution in [0.3, 0.4) is 0 Å². The van der Waals surface area contributed by atoms with Gasteiger partial charge in [0.25, 0.3) is 11.7 Å². The third kappa shape index (κ3) is 5.20. The van der Waals surface area contributed by atoms with Crippen molar-refractivity contribution in [2.75, 3.05) is 18.4 Å². The summed E-state index contributed by atoms with van der Waals surface area (Å²) in [6.45, 7) is 5.82. The fourth-order valence-corrected chi connectivity index (χ4v) is 4.78. The topological polar surface area (TPSA) is 80.1 Å². The number of Topliss-reactive ketones (excluding diaryl/α,β-unsaturated/α-hetero) is 1. The molecule has 1 aromatic carbocycles. The summed E-state index contributed by atoms with van der Waals surface area (Å²) in [4.78, 5) is 32.3. The van der Waals surface area contributed by atoms with E-state index in [0.717, 1.165) is 43.8 Å². The van der Waals surface area contributed by atoms with Crippen molar-refractivity contribution >= 4 is 28.2 Å². The predicted octanol–water partition coefficient (Wildman–Crippen LogP) is 4.77. The van der Waals surface area contributed by atoms with Crippen LogP contribution >= 0.6 is 11.3 Å². The molecule has 0 spiro atoms. The number of carbonyl (C=O) groups excluding carboxylic acids is 2. The van der Waals surface area contributed by atoms with E-state index in [2.05, 4.69) is 20.3 Å². The summed E-state index contributed by atoms with van der Waals surface area (Å²) in [5, 5.41) is 8.94. The smallest absolute Gasteiger partial charge is 0.297 e. The number of anilines is 1. The molecule has 0 aliphatic carbocycles. The Morgan fingerprint density at radius 1 is 1.15 bits per heavy atom. The Balaban J connectivity index is 1.49. The molecule has 3 aromatic rings. The second kappa shape index (κ2) is 9.67. The molecule has 0 atom stereocenters. The van der Waals surface area contributed by atoms with Crippen LogP contribution in [0.15, 0.2) is 29.6 Å². The van der Waals surface area contributed by atoms with Gasteiger partial charge in [0, 0.05) is 11.9 Å². The molecule has 1 aliphatic rings. The van der Waals surface area contributed by atoms with E-state index >= 15 is 0 Å². The molecule has 11 heteroatoms. The van der Waals surface area contributed by atoms with Crippen LogP contribution in [-0.2, 0) is 17.5 Å². The van der Waals surface area contributed by atoms with E-state index in [1.165, 1.54) is 41.5 Å². The summed E-state index contributed by atoms with van der Waals surface area (Å²) < 4.78 is 40.5. The summed E-state index contributed by atoms with van der Waals surface area (Å²) in [5.41, 5.74) is 0.741. The van der Waals surface area contributed by atoms with Crippen LogP contribution in [0.4, 0.5) is 18.3 Å². The normalized spacial score (nSPS) is 14.9. The Morgan fingerprint density at radius 3 is 2.59 bits per heavy atom. The van der Waals surface area contributed by atoms with Gasteiger partial charge in [-0.05, 0) is 58.0 Å². The van der Waals surface area contributed by atoms with Gasteiger partial charge >= 0.3 is 6.18 Å². The number of aryl methyl sites for hydroxylation is 1. The Bertz CT molecular complexity index is 1210. The van der Waals surface area contributed by atoms with Crippen LogP contribution in [-0.4, -0.2) is 44.4 Å². The Labute approximate surface area is 198 Å². The molecule has 1 aliphatic heterocycles. The largest absolute Gasteiger partial charge is 0.416 e. The lowest BCUT2D eigenvalue weighted by Crippen LogP contribution is -2.29. The number of carbonyl (C=O) groups is 2. The zero-order chi connectivity index (χ0) is 24.5. The molecule has 1 N–H and O–H groups in total. The van der Waals surface area contributed by atoms with Gasteiger partial charge in [-0.25, -0.2) is 9.67 Å². The average Bonchev–Trinajstić information content (AvgIpc) is 3.36. The first-order valence-electron chi connectivity index (χ1n) is 10.9. The van der Waals surface area contributed by atoms with Gasteiger partial charge in [-0.3, -0.25) is 19.8 Å². The molecule has 7 nitrogen and oxygen atoms in total. The maximum absolute atomic E-state index is 13.1. The molecule has 0 saturated carbocycles. The van der Waals surface area contributed by atoms with Gasteiger partial charge in [0.2, 0.25) is 0 Å². The second-order valence-corrected chi connectivity index (χ2v) is 9.13. The van der Waals surface area contributed by atoms with Crippen molar-refractivity contribution in [3.05, 3.63) is 57.9 Å². The van der Waals surface area contributed by atoms with E-state index in [-0.39, 0.29) is 22.6 Å². The molecule has 1 saturated heterocycles. The maximum Gasteiger partial charge on any atom is 0.416 e. The van der Waals surface area contributed by atoms with Crippen LogP contribution in [0.5, 0.6) is 0 Å². The molecule has 1 amide bonds. The number of amides is 1. The molecule has 2 aromatic heterocycles. The number of alkyl halides is 3. The summed E-state index contributed by atoms with van der Waals surface area (Å²) in [6.07, 6.45) is -0.949. The van der Waals surface area contributed by atoms with Crippen molar-refractivity contribution in [2.45, 2.75) is 45.8 Å². The van der Waals surface area contributed by atoms with Crippen molar-refractivity contribution in [3.8, 4) is 5.69 Å². The van der Waals surface area contributed by atoms with Crippen LogP contribution in [0, 0.1) is 13.8 Å². The van der Waals surface area contributed by atoms with E-state index in [1.54, 1.807) is 6.92 Å². The number of piperidine rings is 1. The fraction of sp³-hybridized carbons (Fsp3) is 0.391. The van der Waals surface area contributed by atoms with Crippen LogP contribution in [0.2, 0.25) is 0 Å². The highest BCUT2D eigenvalue weighted by Gasteiger charge is 2.31. The Hall–Kier alpha value is -3.05. The second-order valence-electron chi connectivity index (χ2n) is 8.27. The summed E-state index contributed by atoms with van der Waals surface area (Å²) in [5.74, 6) is -1.69. The minimum Gasteiger partial charge on any atom is -0.297 e. The number of hydrogen-bond acceptors (Lipinski definition) is 6. The molecule has 0 radical (unpaired) electrons. The van der Waals surface area contributed by atoms with Gasteiger partial charge in [-0.2, -0.15) is 18.3 Å². The lowest BCUT2D eigenvalue weighted by atomic mass is 10.1. The van der Waals surface area contributed by atoms with E-state index < -0.39 is 23.4 Å². The van der Waals surface area contributed by atoms with E-state index in [1.807, 2.05) is 5.38 Å². The third-order valence-electron chi connectivity index (χ3n) is 5.75. The molecule has 180 valence electrons. The summed E-state index contributed by atoms with van der Waals surface area (Å²) >= 11 is 1.24. The number of hydrogen-bond donors (Lipinski definition) is 1. The first kappa shape index (κ1) is 24.1. The predicted molar refractivity (Wildman–Crippen MR) is 122 cm³/mol. The van der Waals surface area contributed by atoms with Gasteiger partial charge in [0.15, 0.2) is 5.13 Å². The zero-order valence-electron chi connectivity index (χ0n) is 18.8. The number of rotatable bonds is 6. The SMILES string of the molecule is Cc1nn(-c2cccc(C(F)(F)F)c2)c(C)c1C(=O)C(=O)Nc1nc(CN2CCCCC2)cs1. The first-order valence-corrected chi connectivity index (χ1v) is 11.8. The minimum absolute atomic E-state index is 0.0556. The monoisotopic (exact) mass is 491 g/mol. The van der Waals surface area contributed by atoms with Gasteiger partial charge in [0.1, 0.15) is 0 Å². The molecular formula is C23H24F3N5O2S. The van der Waals surface area contributed by atoms with Crippen molar-refractivity contribution in [1.82, 2.24) is 19.7 Å². The van der Waals surface area contributed by atoms with Crippen LogP contribution < -0.4 is 5.32 Å². The van der Waals surface area contributed by atoms with Crippen molar-refractivity contribution in [2.24, 2.45) is 0 Å². The van der Waals surface area contributed by atoms with Crippen molar-refractivity contribution in [1.29, 1.82) is 0 Å². The number of benzene rings is 1. The van der Waals surface area contributed by atoms with Crippen LogP contribution in [0.25, 0.3) is 5.69 Å². The third-order valence-corrected chi connectivity index (χ3v) is 6.56. The first-order chi connectivity index (χ1) is 16.1. The highest BCUT2D eigenvalue weighted by atomic mass is 32.1. The lowest BCUT2D eigenvalue weighted by molar-refractivity contribution is -0.137. The quantitative estimate of drug-likeness (QED) is 0.397. The highest BCUT2D eigenvalue weighted by molar-refractivity contribution is 7.14. The average molecular weight is 492 g/mol. The van der Waals surface area contributed by atoms with E-state index in [9.17, 15) is 22.8 Å². The van der Waals surface area contributed by atoms with E-state index in [4.69, 9.17) is 0 Å². The van der Waals surface area contributed by atoms with Gasteiger partial charge in [0.05, 0.1) is 33.9 Å². The number of halogens is 3. The lowest BCUT2D eigenvalue weighted by Gasteiger charge is -2.25. The molecular weight excluding hydrogens is 467 g/mol. The number of likely N-dealkylation sites (tertiary alicyclic amines) is 1. The Morgan fingerprint density at radius 2 is 1.88 bits per heavy atom. The van der Waals surface area contributed by atoms with Gasteiger partial charge in [-0.1, -0.05) is 12.5 Å². The number of aromatic nitrogens is 3. The number of nitrogens with one attached hydrogen (secondary N) is 1. The Kier molecular flexibility index (Phi) is 6.85.